The fourth-order valence-corrected chi connectivity index (χ4v) is 2.57. The van der Waals surface area contributed by atoms with E-state index in [-0.39, 0.29) is 18.2 Å². The third-order valence-electron chi connectivity index (χ3n) is 3.71. The van der Waals surface area contributed by atoms with Gasteiger partial charge in [-0.15, -0.1) is 0 Å². The van der Waals surface area contributed by atoms with Crippen LogP contribution in [0.4, 0.5) is 5.69 Å². The van der Waals surface area contributed by atoms with Gasteiger partial charge in [-0.2, -0.15) is 0 Å². The predicted octanol–water partition coefficient (Wildman–Crippen LogP) is 1.52. The maximum Gasteiger partial charge on any atom is 0.303 e. The van der Waals surface area contributed by atoms with Crippen LogP contribution in [0.25, 0.3) is 0 Å². The second kappa shape index (κ2) is 6.41. The maximum atomic E-state index is 12.1. The minimum absolute atomic E-state index is 0.105. The first kappa shape index (κ1) is 14.4. The van der Waals surface area contributed by atoms with Gasteiger partial charge in [0.05, 0.1) is 0 Å². The molecule has 0 spiro atoms. The quantitative estimate of drug-likeness (QED) is 0.799. The summed E-state index contributed by atoms with van der Waals surface area (Å²) in [6, 6.07) is 7.52. The Kier molecular flexibility index (Phi) is 4.61. The van der Waals surface area contributed by atoms with Crippen molar-refractivity contribution in [3.05, 3.63) is 29.8 Å². The van der Waals surface area contributed by atoms with E-state index in [1.165, 1.54) is 0 Å². The molecule has 1 unspecified atom stereocenters. The Morgan fingerprint density at radius 3 is 2.65 bits per heavy atom. The predicted molar refractivity (Wildman–Crippen MR) is 76.1 cm³/mol. The van der Waals surface area contributed by atoms with Gasteiger partial charge in [0.25, 0.3) is 0 Å². The summed E-state index contributed by atoms with van der Waals surface area (Å²) in [6.07, 6.45) is 2.10. The van der Waals surface area contributed by atoms with Crippen molar-refractivity contribution in [1.29, 1.82) is 0 Å². The standard InChI is InChI=1S/C15H20N2O3/c16-13-4-1-11(2-5-13)3-6-14(18)17-8-7-12(10-17)9-15(19)20/h1-2,4-5,12H,3,6-10,16H2,(H,19,20). The number of likely N-dealkylation sites (tertiary alicyclic amines) is 1. The number of hydrogen-bond donors (Lipinski definition) is 2. The zero-order valence-corrected chi connectivity index (χ0v) is 11.4. The molecule has 1 amide bonds. The number of carbonyl (C=O) groups is 2. The molecule has 1 aromatic carbocycles. The van der Waals surface area contributed by atoms with E-state index in [1.54, 1.807) is 4.90 Å². The molecule has 5 nitrogen and oxygen atoms in total. The Bertz CT molecular complexity index is 484. The van der Waals surface area contributed by atoms with Gasteiger partial charge < -0.3 is 15.7 Å². The Morgan fingerprint density at radius 1 is 1.30 bits per heavy atom. The molecule has 1 atom stereocenters. The van der Waals surface area contributed by atoms with Gasteiger partial charge in [-0.1, -0.05) is 12.1 Å². The van der Waals surface area contributed by atoms with Gasteiger partial charge in [-0.3, -0.25) is 9.59 Å². The molecular weight excluding hydrogens is 256 g/mol. The summed E-state index contributed by atoms with van der Waals surface area (Å²) in [5.74, 6) is -0.575. The molecule has 0 radical (unpaired) electrons. The first-order chi connectivity index (χ1) is 9.54. The number of benzene rings is 1. The van der Waals surface area contributed by atoms with Crippen molar-refractivity contribution >= 4 is 17.6 Å². The number of carbonyl (C=O) groups excluding carboxylic acids is 1. The van der Waals surface area contributed by atoms with E-state index in [9.17, 15) is 9.59 Å². The van der Waals surface area contributed by atoms with Crippen LogP contribution in [0.15, 0.2) is 24.3 Å². The Hall–Kier alpha value is -2.04. The minimum Gasteiger partial charge on any atom is -0.481 e. The third-order valence-corrected chi connectivity index (χ3v) is 3.71. The topological polar surface area (TPSA) is 83.6 Å². The Morgan fingerprint density at radius 2 is 2.00 bits per heavy atom. The van der Waals surface area contributed by atoms with Crippen molar-refractivity contribution in [3.63, 3.8) is 0 Å². The van der Waals surface area contributed by atoms with E-state index in [0.717, 1.165) is 17.7 Å². The highest BCUT2D eigenvalue weighted by Gasteiger charge is 2.27. The van der Waals surface area contributed by atoms with E-state index in [0.29, 0.717) is 25.9 Å². The average Bonchev–Trinajstić information content (AvgIpc) is 2.85. The van der Waals surface area contributed by atoms with Crippen LogP contribution in [0.5, 0.6) is 0 Å². The van der Waals surface area contributed by atoms with Crippen molar-refractivity contribution in [2.45, 2.75) is 25.7 Å². The molecule has 1 saturated heterocycles. The molecule has 1 aliphatic rings. The van der Waals surface area contributed by atoms with Crippen molar-refractivity contribution in [1.82, 2.24) is 4.90 Å². The van der Waals surface area contributed by atoms with Gasteiger partial charge in [0, 0.05) is 31.6 Å². The molecule has 1 aromatic rings. The number of rotatable bonds is 5. The van der Waals surface area contributed by atoms with Gasteiger partial charge >= 0.3 is 5.97 Å². The lowest BCUT2D eigenvalue weighted by Crippen LogP contribution is -2.29. The molecule has 2 rings (SSSR count). The molecule has 0 saturated carbocycles. The third kappa shape index (κ3) is 3.98. The summed E-state index contributed by atoms with van der Waals surface area (Å²) in [4.78, 5) is 24.5. The number of aliphatic carboxylic acids is 1. The number of amides is 1. The molecular formula is C15H20N2O3. The number of nitrogens with zero attached hydrogens (tertiary/aromatic N) is 1. The zero-order chi connectivity index (χ0) is 14.5. The first-order valence-electron chi connectivity index (χ1n) is 6.88. The van der Waals surface area contributed by atoms with Crippen LogP contribution in [0, 0.1) is 5.92 Å². The molecule has 5 heteroatoms. The molecule has 1 aliphatic heterocycles. The number of carboxylic acid groups (broad SMARTS) is 1. The lowest BCUT2D eigenvalue weighted by Gasteiger charge is -2.16. The van der Waals surface area contributed by atoms with Gasteiger partial charge in [-0.05, 0) is 36.5 Å². The normalized spacial score (nSPS) is 18.2. The number of carboxylic acids is 1. The maximum absolute atomic E-state index is 12.1. The molecule has 0 aromatic heterocycles. The highest BCUT2D eigenvalue weighted by molar-refractivity contribution is 5.77. The molecule has 108 valence electrons. The van der Waals surface area contributed by atoms with Crippen LogP contribution in [0.3, 0.4) is 0 Å². The summed E-state index contributed by atoms with van der Waals surface area (Å²) in [5.41, 5.74) is 7.42. The van der Waals surface area contributed by atoms with Crippen LogP contribution in [0.2, 0.25) is 0 Å². The largest absolute Gasteiger partial charge is 0.481 e. The van der Waals surface area contributed by atoms with Gasteiger partial charge in [0.15, 0.2) is 0 Å². The lowest BCUT2D eigenvalue weighted by atomic mass is 10.1. The van der Waals surface area contributed by atoms with Crippen molar-refractivity contribution < 1.29 is 14.7 Å². The van der Waals surface area contributed by atoms with E-state index in [1.807, 2.05) is 24.3 Å². The Labute approximate surface area is 118 Å². The minimum atomic E-state index is -0.786. The van der Waals surface area contributed by atoms with Crippen molar-refractivity contribution in [2.24, 2.45) is 5.92 Å². The zero-order valence-electron chi connectivity index (χ0n) is 11.4. The number of nitrogens with two attached hydrogens (primary N) is 1. The van der Waals surface area contributed by atoms with E-state index >= 15 is 0 Å². The van der Waals surface area contributed by atoms with E-state index in [2.05, 4.69) is 0 Å². The molecule has 1 fully saturated rings. The number of hydrogen-bond acceptors (Lipinski definition) is 3. The van der Waals surface area contributed by atoms with Crippen LogP contribution in [0.1, 0.15) is 24.8 Å². The second-order valence-corrected chi connectivity index (χ2v) is 5.33. The summed E-state index contributed by atoms with van der Waals surface area (Å²) >= 11 is 0. The first-order valence-corrected chi connectivity index (χ1v) is 6.88. The summed E-state index contributed by atoms with van der Waals surface area (Å²) in [7, 11) is 0. The highest BCUT2D eigenvalue weighted by atomic mass is 16.4. The summed E-state index contributed by atoms with van der Waals surface area (Å²) in [6.45, 7) is 1.26. The van der Waals surface area contributed by atoms with Gasteiger partial charge in [-0.25, -0.2) is 0 Å². The molecule has 0 aliphatic carbocycles. The average molecular weight is 276 g/mol. The summed E-state index contributed by atoms with van der Waals surface area (Å²) < 4.78 is 0. The van der Waals surface area contributed by atoms with Crippen LogP contribution in [-0.4, -0.2) is 35.0 Å². The molecule has 20 heavy (non-hydrogen) atoms. The summed E-state index contributed by atoms with van der Waals surface area (Å²) in [5, 5.41) is 8.76. The van der Waals surface area contributed by atoms with Crippen molar-refractivity contribution in [3.8, 4) is 0 Å². The molecule has 1 heterocycles. The van der Waals surface area contributed by atoms with Crippen LogP contribution in [-0.2, 0) is 16.0 Å². The second-order valence-electron chi connectivity index (χ2n) is 5.33. The Balaban J connectivity index is 1.78. The van der Waals surface area contributed by atoms with E-state index < -0.39 is 5.97 Å². The molecule has 0 bridgehead atoms. The fourth-order valence-electron chi connectivity index (χ4n) is 2.57. The van der Waals surface area contributed by atoms with E-state index in [4.69, 9.17) is 10.8 Å². The monoisotopic (exact) mass is 276 g/mol. The van der Waals surface area contributed by atoms with Crippen LogP contribution < -0.4 is 5.73 Å². The number of aryl methyl sites for hydroxylation is 1. The molecule has 3 N–H and O–H groups in total. The number of anilines is 1. The lowest BCUT2D eigenvalue weighted by molar-refractivity contribution is -0.138. The fraction of sp³-hybridized carbons (Fsp3) is 0.467. The SMILES string of the molecule is Nc1ccc(CCC(=O)N2CCC(CC(=O)O)C2)cc1. The smallest absolute Gasteiger partial charge is 0.303 e. The van der Waals surface area contributed by atoms with Gasteiger partial charge in [0.1, 0.15) is 0 Å². The van der Waals surface area contributed by atoms with Gasteiger partial charge in [0.2, 0.25) is 5.91 Å². The van der Waals surface area contributed by atoms with Crippen LogP contribution >= 0.6 is 0 Å². The van der Waals surface area contributed by atoms with Crippen molar-refractivity contribution in [2.75, 3.05) is 18.8 Å². The highest BCUT2D eigenvalue weighted by Crippen LogP contribution is 2.20. The number of nitrogen functional groups attached to an aromatic ring is 1.